The molecule has 5 nitrogen and oxygen atoms in total. The van der Waals surface area contributed by atoms with Crippen molar-refractivity contribution in [3.8, 4) is 5.75 Å². The van der Waals surface area contributed by atoms with Crippen LogP contribution in [0.15, 0.2) is 30.3 Å². The molecule has 2 atom stereocenters. The number of carbonyl (C=O) groups is 2. The van der Waals surface area contributed by atoms with E-state index in [1.165, 1.54) is 18.2 Å². The summed E-state index contributed by atoms with van der Waals surface area (Å²) >= 11 is 0. The van der Waals surface area contributed by atoms with Gasteiger partial charge in [0, 0.05) is 24.2 Å². The van der Waals surface area contributed by atoms with Gasteiger partial charge in [0.1, 0.15) is 5.75 Å². The van der Waals surface area contributed by atoms with Crippen LogP contribution in [-0.2, 0) is 9.59 Å². The molecule has 1 fully saturated rings. The third-order valence-corrected chi connectivity index (χ3v) is 4.11. The normalized spacial score (nSPS) is 21.2. The first-order chi connectivity index (χ1) is 11.4. The van der Waals surface area contributed by atoms with E-state index in [9.17, 15) is 18.4 Å². The summed E-state index contributed by atoms with van der Waals surface area (Å²) in [5, 5.41) is 0. The number of piperidine rings is 1. The number of para-hydroxylation sites is 1. The molecule has 2 N–H and O–H groups in total. The van der Waals surface area contributed by atoms with Crippen LogP contribution in [0, 0.1) is 5.92 Å². The molecule has 1 aromatic carbocycles. The topological polar surface area (TPSA) is 72.6 Å². The average molecular weight is 338 g/mol. The lowest BCUT2D eigenvalue weighted by molar-refractivity contribution is -0.133. The van der Waals surface area contributed by atoms with Gasteiger partial charge in [-0.15, -0.1) is 0 Å². The minimum atomic E-state index is -2.94. The maximum atomic E-state index is 12.4. The van der Waals surface area contributed by atoms with Crippen molar-refractivity contribution in [2.45, 2.75) is 32.4 Å². The Balaban J connectivity index is 2.11. The highest BCUT2D eigenvalue weighted by Crippen LogP contribution is 2.24. The molecule has 2 unspecified atom stereocenters. The first-order valence-electron chi connectivity index (χ1n) is 7.70. The zero-order valence-electron chi connectivity index (χ0n) is 13.3. The monoisotopic (exact) mass is 338 g/mol. The van der Waals surface area contributed by atoms with Crippen molar-refractivity contribution in [2.75, 3.05) is 6.54 Å². The van der Waals surface area contributed by atoms with Crippen molar-refractivity contribution in [3.05, 3.63) is 35.9 Å². The van der Waals surface area contributed by atoms with E-state index in [4.69, 9.17) is 5.73 Å². The second kappa shape index (κ2) is 7.90. The molecule has 0 bridgehead atoms. The van der Waals surface area contributed by atoms with Gasteiger partial charge < -0.3 is 15.4 Å². The predicted octanol–water partition coefficient (Wildman–Crippen LogP) is 2.41. The fourth-order valence-electron chi connectivity index (χ4n) is 2.72. The number of hydrogen-bond donors (Lipinski definition) is 1. The van der Waals surface area contributed by atoms with Crippen molar-refractivity contribution in [1.29, 1.82) is 0 Å². The molecule has 2 rings (SSSR count). The Labute approximate surface area is 139 Å². The Morgan fingerprint density at radius 1 is 1.33 bits per heavy atom. The molecule has 0 aromatic heterocycles. The minimum absolute atomic E-state index is 0.00162. The van der Waals surface area contributed by atoms with Gasteiger partial charge in [-0.25, -0.2) is 0 Å². The number of halogens is 2. The molecule has 1 aliphatic heterocycles. The van der Waals surface area contributed by atoms with Gasteiger partial charge in [-0.1, -0.05) is 18.2 Å². The zero-order chi connectivity index (χ0) is 17.7. The van der Waals surface area contributed by atoms with Crippen LogP contribution in [-0.4, -0.2) is 35.9 Å². The molecule has 2 amide bonds. The maximum Gasteiger partial charge on any atom is 0.387 e. The summed E-state index contributed by atoms with van der Waals surface area (Å²) in [5.74, 6) is -1.06. The van der Waals surface area contributed by atoms with E-state index in [-0.39, 0.29) is 30.2 Å². The molecule has 0 aliphatic carbocycles. The van der Waals surface area contributed by atoms with Gasteiger partial charge in [0.15, 0.2) is 0 Å². The minimum Gasteiger partial charge on any atom is -0.434 e. The first-order valence-corrected chi connectivity index (χ1v) is 7.70. The number of alkyl halides is 2. The maximum absolute atomic E-state index is 12.4. The predicted molar refractivity (Wildman–Crippen MR) is 85.2 cm³/mol. The molecular weight excluding hydrogens is 318 g/mol. The third kappa shape index (κ3) is 4.53. The summed E-state index contributed by atoms with van der Waals surface area (Å²) < 4.78 is 29.2. The number of ether oxygens (including phenoxy) is 1. The van der Waals surface area contributed by atoms with E-state index in [1.807, 2.05) is 6.92 Å². The molecule has 7 heteroatoms. The first kappa shape index (κ1) is 17.9. The fourth-order valence-corrected chi connectivity index (χ4v) is 2.72. The van der Waals surface area contributed by atoms with Crippen molar-refractivity contribution in [1.82, 2.24) is 4.90 Å². The number of hydrogen-bond acceptors (Lipinski definition) is 3. The second-order valence-corrected chi connectivity index (χ2v) is 5.77. The van der Waals surface area contributed by atoms with E-state index in [1.54, 1.807) is 23.1 Å². The van der Waals surface area contributed by atoms with Crippen LogP contribution in [0.5, 0.6) is 5.75 Å². The lowest BCUT2D eigenvalue weighted by Crippen LogP contribution is -2.48. The molecule has 0 radical (unpaired) electrons. The van der Waals surface area contributed by atoms with Gasteiger partial charge >= 0.3 is 6.61 Å². The summed E-state index contributed by atoms with van der Waals surface area (Å²) in [4.78, 5) is 25.3. The Hall–Kier alpha value is -2.44. The molecule has 24 heavy (non-hydrogen) atoms. The van der Waals surface area contributed by atoms with Crippen LogP contribution in [0.4, 0.5) is 8.78 Å². The molecule has 1 saturated heterocycles. The number of carbonyl (C=O) groups excluding carboxylic acids is 2. The fraction of sp³-hybridized carbons (Fsp3) is 0.412. The quantitative estimate of drug-likeness (QED) is 0.838. The van der Waals surface area contributed by atoms with Crippen LogP contribution in [0.25, 0.3) is 6.08 Å². The van der Waals surface area contributed by atoms with E-state index in [0.29, 0.717) is 18.4 Å². The smallest absolute Gasteiger partial charge is 0.387 e. The summed E-state index contributed by atoms with van der Waals surface area (Å²) in [6.45, 7) is -0.764. The van der Waals surface area contributed by atoms with Gasteiger partial charge in [0.2, 0.25) is 11.8 Å². The second-order valence-electron chi connectivity index (χ2n) is 5.77. The van der Waals surface area contributed by atoms with Crippen LogP contribution < -0.4 is 10.5 Å². The van der Waals surface area contributed by atoms with Crippen molar-refractivity contribution >= 4 is 17.9 Å². The van der Waals surface area contributed by atoms with Gasteiger partial charge in [0.25, 0.3) is 0 Å². The SMILES string of the molecule is CC1CCC(C(N)=O)CN1C(=O)/C=C/c1ccccc1OC(F)F. The van der Waals surface area contributed by atoms with E-state index >= 15 is 0 Å². The molecule has 1 aliphatic rings. The molecule has 1 aromatic rings. The number of primary amides is 1. The number of nitrogens with two attached hydrogens (primary N) is 1. The number of nitrogens with zero attached hydrogens (tertiary/aromatic N) is 1. The Kier molecular flexibility index (Phi) is 5.89. The summed E-state index contributed by atoms with van der Waals surface area (Å²) in [6, 6.07) is 6.21. The Morgan fingerprint density at radius 2 is 2.04 bits per heavy atom. The van der Waals surface area contributed by atoms with Gasteiger partial charge in [-0.2, -0.15) is 8.78 Å². The molecule has 0 saturated carbocycles. The van der Waals surface area contributed by atoms with Crippen molar-refractivity contribution < 1.29 is 23.1 Å². The average Bonchev–Trinajstić information content (AvgIpc) is 2.53. The summed E-state index contributed by atoms with van der Waals surface area (Å²) in [6.07, 6.45) is 4.08. The van der Waals surface area contributed by atoms with Gasteiger partial charge in [-0.05, 0) is 31.9 Å². The Bertz CT molecular complexity index is 634. The highest BCUT2D eigenvalue weighted by Gasteiger charge is 2.30. The third-order valence-electron chi connectivity index (χ3n) is 4.11. The number of likely N-dealkylation sites (tertiary alicyclic amines) is 1. The van der Waals surface area contributed by atoms with E-state index < -0.39 is 12.5 Å². The van der Waals surface area contributed by atoms with Crippen molar-refractivity contribution in [3.63, 3.8) is 0 Å². The highest BCUT2D eigenvalue weighted by atomic mass is 19.3. The lowest BCUT2D eigenvalue weighted by atomic mass is 9.93. The van der Waals surface area contributed by atoms with Crippen LogP contribution >= 0.6 is 0 Å². The molecule has 0 spiro atoms. The number of benzene rings is 1. The van der Waals surface area contributed by atoms with E-state index in [2.05, 4.69) is 4.74 Å². The number of amides is 2. The van der Waals surface area contributed by atoms with Gasteiger partial charge in [0.05, 0.1) is 5.92 Å². The Morgan fingerprint density at radius 3 is 2.71 bits per heavy atom. The largest absolute Gasteiger partial charge is 0.434 e. The molecule has 130 valence electrons. The summed E-state index contributed by atoms with van der Waals surface area (Å²) in [5.41, 5.74) is 5.70. The standard InChI is InChI=1S/C17H20F2N2O3/c1-11-6-7-13(16(20)23)10-21(11)15(22)9-8-12-4-2-3-5-14(12)24-17(18)19/h2-5,8-9,11,13,17H,6-7,10H2,1H3,(H2,20,23)/b9-8+. The van der Waals surface area contributed by atoms with Gasteiger partial charge in [-0.3, -0.25) is 9.59 Å². The highest BCUT2D eigenvalue weighted by molar-refractivity contribution is 5.93. The zero-order valence-corrected chi connectivity index (χ0v) is 13.3. The number of rotatable bonds is 5. The lowest BCUT2D eigenvalue weighted by Gasteiger charge is -2.36. The summed E-state index contributed by atoms with van der Waals surface area (Å²) in [7, 11) is 0. The van der Waals surface area contributed by atoms with Crippen LogP contribution in [0.2, 0.25) is 0 Å². The molecular formula is C17H20F2N2O3. The van der Waals surface area contributed by atoms with E-state index in [0.717, 1.165) is 0 Å². The molecule has 1 heterocycles. The van der Waals surface area contributed by atoms with Crippen molar-refractivity contribution in [2.24, 2.45) is 11.7 Å². The van der Waals surface area contributed by atoms with Crippen LogP contribution in [0.1, 0.15) is 25.3 Å². The van der Waals surface area contributed by atoms with Crippen LogP contribution in [0.3, 0.4) is 0 Å².